The van der Waals surface area contributed by atoms with Gasteiger partial charge in [0.25, 0.3) is 5.91 Å². The fraction of sp³-hybridized carbons (Fsp3) is 0.364. The lowest BCUT2D eigenvalue weighted by Gasteiger charge is -2.03. The summed E-state index contributed by atoms with van der Waals surface area (Å²) in [6.45, 7) is 2.30. The van der Waals surface area contributed by atoms with Crippen molar-refractivity contribution in [3.05, 3.63) is 29.6 Å². The molecule has 0 spiro atoms. The molecule has 5 heteroatoms. The summed E-state index contributed by atoms with van der Waals surface area (Å²) < 4.78 is 4.92. The first-order chi connectivity index (χ1) is 7.69. The van der Waals surface area contributed by atoms with Crippen LogP contribution in [0.3, 0.4) is 0 Å². The van der Waals surface area contributed by atoms with Gasteiger partial charge in [0.1, 0.15) is 5.69 Å². The van der Waals surface area contributed by atoms with E-state index >= 15 is 0 Å². The van der Waals surface area contributed by atoms with Crippen LogP contribution in [0.15, 0.2) is 18.3 Å². The number of hydrogen-bond donors (Lipinski definition) is 1. The van der Waals surface area contributed by atoms with Gasteiger partial charge in [0.2, 0.25) is 0 Å². The van der Waals surface area contributed by atoms with Crippen LogP contribution in [0.4, 0.5) is 0 Å². The molecular formula is C11H14N2O3. The summed E-state index contributed by atoms with van der Waals surface area (Å²) in [5, 5.41) is 2.45. The summed E-state index contributed by atoms with van der Waals surface area (Å²) in [5.74, 6) is -0.703. The molecule has 86 valence electrons. The van der Waals surface area contributed by atoms with Gasteiger partial charge in [-0.2, -0.15) is 0 Å². The minimum atomic E-state index is -0.419. The number of amides is 1. The lowest BCUT2D eigenvalue weighted by atomic mass is 10.2. The number of ether oxygens (including phenoxy) is 1. The number of carbonyl (C=O) groups excluding carboxylic acids is 2. The highest BCUT2D eigenvalue weighted by atomic mass is 16.5. The number of nitrogens with zero attached hydrogens (tertiary/aromatic N) is 1. The van der Waals surface area contributed by atoms with Crippen LogP contribution < -0.4 is 5.32 Å². The Balaban J connectivity index is 2.71. The normalized spacial score (nSPS) is 9.62. The Kier molecular flexibility index (Phi) is 4.44. The average Bonchev–Trinajstić information content (AvgIpc) is 2.35. The molecule has 0 atom stereocenters. The molecule has 0 saturated heterocycles. The fourth-order valence-corrected chi connectivity index (χ4v) is 1.06. The maximum Gasteiger partial charge on any atom is 0.339 e. The molecule has 0 aromatic carbocycles. The summed E-state index contributed by atoms with van der Waals surface area (Å²) in [4.78, 5) is 26.4. The van der Waals surface area contributed by atoms with Gasteiger partial charge in [-0.15, -0.1) is 0 Å². The maximum atomic E-state index is 11.4. The number of rotatable bonds is 4. The predicted octanol–water partition coefficient (Wildman–Crippen LogP) is 1.01. The first-order valence-corrected chi connectivity index (χ1v) is 5.04. The van der Waals surface area contributed by atoms with Gasteiger partial charge in [0.05, 0.1) is 12.2 Å². The summed E-state index contributed by atoms with van der Waals surface area (Å²) in [5.41, 5.74) is 0.621. The van der Waals surface area contributed by atoms with Crippen LogP contribution in [-0.2, 0) is 4.74 Å². The molecule has 0 radical (unpaired) electrons. The number of nitrogens with one attached hydrogen (secondary N) is 1. The molecule has 1 N–H and O–H groups in total. The highest BCUT2D eigenvalue weighted by Crippen LogP contribution is 2.02. The fourth-order valence-electron chi connectivity index (χ4n) is 1.06. The average molecular weight is 222 g/mol. The molecule has 0 saturated carbocycles. The Hall–Kier alpha value is -1.91. The van der Waals surface area contributed by atoms with E-state index in [1.54, 1.807) is 0 Å². The SMILES string of the molecule is CCCOC(=O)c1ccc(C(=O)NC)nc1. The molecule has 5 nitrogen and oxygen atoms in total. The second-order valence-corrected chi connectivity index (χ2v) is 3.15. The van der Waals surface area contributed by atoms with Gasteiger partial charge >= 0.3 is 5.97 Å². The maximum absolute atomic E-state index is 11.4. The minimum Gasteiger partial charge on any atom is -0.462 e. The molecule has 0 aliphatic heterocycles. The highest BCUT2D eigenvalue weighted by molar-refractivity contribution is 5.93. The predicted molar refractivity (Wildman–Crippen MR) is 58.2 cm³/mol. The molecule has 1 rings (SSSR count). The Morgan fingerprint density at radius 3 is 2.69 bits per heavy atom. The number of hydrogen-bond acceptors (Lipinski definition) is 4. The van der Waals surface area contributed by atoms with Crippen LogP contribution in [0, 0.1) is 0 Å². The van der Waals surface area contributed by atoms with Crippen molar-refractivity contribution in [2.24, 2.45) is 0 Å². The zero-order valence-electron chi connectivity index (χ0n) is 9.32. The van der Waals surface area contributed by atoms with Crippen LogP contribution in [0.2, 0.25) is 0 Å². The monoisotopic (exact) mass is 222 g/mol. The molecule has 1 aromatic rings. The van der Waals surface area contributed by atoms with Gasteiger partial charge in [0, 0.05) is 13.2 Å². The van der Waals surface area contributed by atoms with E-state index in [0.29, 0.717) is 12.2 Å². The summed E-state index contributed by atoms with van der Waals surface area (Å²) in [6.07, 6.45) is 2.11. The second kappa shape index (κ2) is 5.85. The van der Waals surface area contributed by atoms with Crippen molar-refractivity contribution in [3.8, 4) is 0 Å². The lowest BCUT2D eigenvalue weighted by Crippen LogP contribution is -2.19. The van der Waals surface area contributed by atoms with Gasteiger partial charge in [-0.05, 0) is 18.6 Å². The van der Waals surface area contributed by atoms with E-state index in [0.717, 1.165) is 6.42 Å². The molecular weight excluding hydrogens is 208 g/mol. The number of carbonyl (C=O) groups is 2. The van der Waals surface area contributed by atoms with Crippen molar-refractivity contribution in [2.75, 3.05) is 13.7 Å². The van der Waals surface area contributed by atoms with Gasteiger partial charge in [-0.1, -0.05) is 6.92 Å². The Labute approximate surface area is 93.8 Å². The van der Waals surface area contributed by atoms with Crippen molar-refractivity contribution < 1.29 is 14.3 Å². The van der Waals surface area contributed by atoms with Crippen molar-refractivity contribution in [2.45, 2.75) is 13.3 Å². The molecule has 0 fully saturated rings. The van der Waals surface area contributed by atoms with E-state index in [9.17, 15) is 9.59 Å². The van der Waals surface area contributed by atoms with E-state index < -0.39 is 5.97 Å². The molecule has 1 amide bonds. The third-order valence-electron chi connectivity index (χ3n) is 1.90. The van der Waals surface area contributed by atoms with E-state index in [1.807, 2.05) is 6.92 Å². The Morgan fingerprint density at radius 1 is 1.44 bits per heavy atom. The molecule has 0 aliphatic carbocycles. The van der Waals surface area contributed by atoms with Crippen LogP contribution >= 0.6 is 0 Å². The lowest BCUT2D eigenvalue weighted by molar-refractivity contribution is 0.0504. The zero-order valence-corrected chi connectivity index (χ0v) is 9.32. The van der Waals surface area contributed by atoms with Gasteiger partial charge in [-0.3, -0.25) is 9.78 Å². The van der Waals surface area contributed by atoms with Crippen molar-refractivity contribution in [1.82, 2.24) is 10.3 Å². The van der Waals surface area contributed by atoms with Gasteiger partial charge in [0.15, 0.2) is 0 Å². The zero-order chi connectivity index (χ0) is 12.0. The number of esters is 1. The smallest absolute Gasteiger partial charge is 0.339 e. The van der Waals surface area contributed by atoms with Crippen molar-refractivity contribution in [1.29, 1.82) is 0 Å². The Morgan fingerprint density at radius 2 is 2.19 bits per heavy atom. The van der Waals surface area contributed by atoms with Crippen LogP contribution in [0.25, 0.3) is 0 Å². The first kappa shape index (κ1) is 12.2. The molecule has 0 aliphatic rings. The number of pyridine rings is 1. The standard InChI is InChI=1S/C11H14N2O3/c1-3-6-16-11(15)8-4-5-9(13-7-8)10(14)12-2/h4-5,7H,3,6H2,1-2H3,(H,12,14). The van der Waals surface area contributed by atoms with Gasteiger partial charge < -0.3 is 10.1 Å². The van der Waals surface area contributed by atoms with E-state index in [-0.39, 0.29) is 11.6 Å². The summed E-state index contributed by atoms with van der Waals surface area (Å²) in [7, 11) is 1.52. The first-order valence-electron chi connectivity index (χ1n) is 5.04. The third-order valence-corrected chi connectivity index (χ3v) is 1.90. The highest BCUT2D eigenvalue weighted by Gasteiger charge is 2.09. The van der Waals surface area contributed by atoms with E-state index in [1.165, 1.54) is 25.4 Å². The topological polar surface area (TPSA) is 68.3 Å². The summed E-state index contributed by atoms with van der Waals surface area (Å²) in [6, 6.07) is 3.01. The molecule has 0 bridgehead atoms. The molecule has 0 unspecified atom stereocenters. The van der Waals surface area contributed by atoms with Crippen molar-refractivity contribution in [3.63, 3.8) is 0 Å². The van der Waals surface area contributed by atoms with Crippen LogP contribution in [0.5, 0.6) is 0 Å². The third kappa shape index (κ3) is 3.05. The van der Waals surface area contributed by atoms with Crippen LogP contribution in [-0.4, -0.2) is 30.5 Å². The molecule has 1 aromatic heterocycles. The molecule has 16 heavy (non-hydrogen) atoms. The minimum absolute atomic E-state index is 0.273. The molecule has 1 heterocycles. The number of aromatic nitrogens is 1. The summed E-state index contributed by atoms with van der Waals surface area (Å²) >= 11 is 0. The Bertz CT molecular complexity index is 373. The van der Waals surface area contributed by atoms with Crippen molar-refractivity contribution >= 4 is 11.9 Å². The van der Waals surface area contributed by atoms with Gasteiger partial charge in [-0.25, -0.2) is 4.79 Å². The largest absolute Gasteiger partial charge is 0.462 e. The van der Waals surface area contributed by atoms with E-state index in [2.05, 4.69) is 10.3 Å². The van der Waals surface area contributed by atoms with E-state index in [4.69, 9.17) is 4.74 Å². The quantitative estimate of drug-likeness (QED) is 0.772. The van der Waals surface area contributed by atoms with Crippen LogP contribution in [0.1, 0.15) is 34.2 Å². The second-order valence-electron chi connectivity index (χ2n) is 3.15.